The van der Waals surface area contributed by atoms with Crippen molar-refractivity contribution in [2.45, 2.75) is 86.3 Å². The smallest absolute Gasteiger partial charge is 0.123 e. The molecule has 4 heteroatoms. The van der Waals surface area contributed by atoms with E-state index >= 15 is 0 Å². The molecule has 4 nitrogen and oxygen atoms in total. The number of likely N-dealkylation sites (tertiary alicyclic amines) is 1. The first-order chi connectivity index (χ1) is 18.3. The van der Waals surface area contributed by atoms with Gasteiger partial charge in [-0.25, -0.2) is 0 Å². The van der Waals surface area contributed by atoms with Gasteiger partial charge in [-0.3, -0.25) is 9.88 Å². The number of benzene rings is 2. The predicted molar refractivity (Wildman–Crippen MR) is 158 cm³/mol. The third kappa shape index (κ3) is 6.47. The van der Waals surface area contributed by atoms with Crippen LogP contribution in [-0.4, -0.2) is 34.7 Å². The average Bonchev–Trinajstić information content (AvgIpc) is 2.92. The highest BCUT2D eigenvalue weighted by molar-refractivity contribution is 5.69. The van der Waals surface area contributed by atoms with Gasteiger partial charge in [-0.15, -0.1) is 0 Å². The lowest BCUT2D eigenvalue weighted by Crippen LogP contribution is -2.36. The van der Waals surface area contributed by atoms with Crippen LogP contribution in [0.2, 0.25) is 0 Å². The van der Waals surface area contributed by atoms with Crippen LogP contribution in [-0.2, 0) is 26.0 Å². The number of hydrogen-bond donors (Lipinski definition) is 1. The lowest BCUT2D eigenvalue weighted by atomic mass is 9.92. The third-order valence-corrected chi connectivity index (χ3v) is 8.18. The Morgan fingerprint density at radius 2 is 1.76 bits per heavy atom. The van der Waals surface area contributed by atoms with Gasteiger partial charge in [0.2, 0.25) is 0 Å². The Kier molecular flexibility index (Phi) is 9.62. The second-order valence-corrected chi connectivity index (χ2v) is 11.3. The molecule has 1 unspecified atom stereocenters. The Bertz CT molecular complexity index is 1210. The summed E-state index contributed by atoms with van der Waals surface area (Å²) < 4.78 is 6.50. The zero-order valence-corrected chi connectivity index (χ0v) is 24.3. The van der Waals surface area contributed by atoms with Gasteiger partial charge in [-0.1, -0.05) is 58.0 Å². The maximum atomic E-state index is 9.82. The van der Waals surface area contributed by atoms with Gasteiger partial charge in [0.05, 0.1) is 5.69 Å². The Balaban J connectivity index is 1.74. The minimum atomic E-state index is 0.266. The molecule has 1 aliphatic heterocycles. The number of piperidine rings is 1. The fraction of sp³-hybridized carbons (Fsp3) is 0.500. The van der Waals surface area contributed by atoms with Crippen molar-refractivity contribution in [2.24, 2.45) is 5.92 Å². The molecule has 1 aromatic heterocycles. The van der Waals surface area contributed by atoms with Crippen molar-refractivity contribution in [1.82, 2.24) is 9.88 Å². The SMILES string of the molecule is CCc1cccc(CC)c1-c1cc(CN2CCCC(CO)C2)c(COc2cc(C(C)C)ccc2C)c(C)n1. The summed E-state index contributed by atoms with van der Waals surface area (Å²) in [6, 6.07) is 15.5. The standard InChI is InChI=1S/C34H46N2O2/c1-7-27-12-9-13-28(8-2)34(27)32-17-30(20-36-16-10-11-26(19-36)21-37)31(25(6)35-32)22-38-33-18-29(23(3)4)15-14-24(33)5/h9,12-15,17-18,23,26,37H,7-8,10-11,16,19-22H2,1-6H3. The summed E-state index contributed by atoms with van der Waals surface area (Å²) in [5.74, 6) is 1.77. The minimum absolute atomic E-state index is 0.266. The number of hydrogen-bond acceptors (Lipinski definition) is 4. The van der Waals surface area contributed by atoms with Crippen molar-refractivity contribution >= 4 is 0 Å². The van der Waals surface area contributed by atoms with Gasteiger partial charge >= 0.3 is 0 Å². The zero-order valence-electron chi connectivity index (χ0n) is 24.3. The number of pyridine rings is 1. The van der Waals surface area contributed by atoms with Gasteiger partial charge in [0.25, 0.3) is 0 Å². The maximum absolute atomic E-state index is 9.82. The van der Waals surface area contributed by atoms with Gasteiger partial charge in [0.15, 0.2) is 0 Å². The van der Waals surface area contributed by atoms with Gasteiger partial charge in [-0.05, 0) is 97.9 Å². The van der Waals surface area contributed by atoms with Crippen LogP contribution in [0, 0.1) is 19.8 Å². The first kappa shape index (κ1) is 28.3. The number of aliphatic hydroxyl groups is 1. The van der Waals surface area contributed by atoms with Crippen LogP contribution in [0.4, 0.5) is 0 Å². The summed E-state index contributed by atoms with van der Waals surface area (Å²) in [5.41, 5.74) is 11.0. The molecule has 2 heterocycles. The molecule has 38 heavy (non-hydrogen) atoms. The lowest BCUT2D eigenvalue weighted by molar-refractivity contribution is 0.115. The summed E-state index contributed by atoms with van der Waals surface area (Å²) in [7, 11) is 0. The molecule has 3 aromatic rings. The highest BCUT2D eigenvalue weighted by Crippen LogP contribution is 2.32. The van der Waals surface area contributed by atoms with Crippen LogP contribution in [0.3, 0.4) is 0 Å². The van der Waals surface area contributed by atoms with Gasteiger partial charge in [-0.2, -0.15) is 0 Å². The number of ether oxygens (including phenoxy) is 1. The molecular formula is C34H46N2O2. The number of nitrogens with zero attached hydrogens (tertiary/aromatic N) is 2. The lowest BCUT2D eigenvalue weighted by Gasteiger charge is -2.32. The first-order valence-electron chi connectivity index (χ1n) is 14.5. The quantitative estimate of drug-likeness (QED) is 0.306. The molecule has 1 fully saturated rings. The highest BCUT2D eigenvalue weighted by Gasteiger charge is 2.22. The molecule has 0 spiro atoms. The van der Waals surface area contributed by atoms with Gasteiger partial charge in [0.1, 0.15) is 12.4 Å². The monoisotopic (exact) mass is 514 g/mol. The van der Waals surface area contributed by atoms with Gasteiger partial charge < -0.3 is 9.84 Å². The number of aromatic nitrogens is 1. The summed E-state index contributed by atoms with van der Waals surface area (Å²) in [5, 5.41) is 9.82. The van der Waals surface area contributed by atoms with Crippen molar-refractivity contribution in [1.29, 1.82) is 0 Å². The molecule has 0 amide bonds. The van der Waals surface area contributed by atoms with Crippen LogP contribution in [0.15, 0.2) is 42.5 Å². The highest BCUT2D eigenvalue weighted by atomic mass is 16.5. The van der Waals surface area contributed by atoms with Crippen molar-refractivity contribution in [3.8, 4) is 17.0 Å². The van der Waals surface area contributed by atoms with Crippen molar-refractivity contribution in [3.63, 3.8) is 0 Å². The van der Waals surface area contributed by atoms with Crippen LogP contribution in [0.1, 0.15) is 85.5 Å². The fourth-order valence-electron chi connectivity index (χ4n) is 5.77. The van der Waals surface area contributed by atoms with Crippen molar-refractivity contribution in [2.75, 3.05) is 19.7 Å². The van der Waals surface area contributed by atoms with E-state index in [1.54, 1.807) is 0 Å². The summed E-state index contributed by atoms with van der Waals surface area (Å²) >= 11 is 0. The van der Waals surface area contributed by atoms with E-state index in [-0.39, 0.29) is 6.61 Å². The summed E-state index contributed by atoms with van der Waals surface area (Å²) in [6.07, 6.45) is 4.21. The summed E-state index contributed by atoms with van der Waals surface area (Å²) in [4.78, 5) is 7.69. The van der Waals surface area contributed by atoms with Crippen molar-refractivity contribution < 1.29 is 9.84 Å². The van der Waals surface area contributed by atoms with Crippen LogP contribution >= 0.6 is 0 Å². The maximum Gasteiger partial charge on any atom is 0.123 e. The van der Waals surface area contributed by atoms with E-state index in [0.29, 0.717) is 18.4 Å². The average molecular weight is 515 g/mol. The zero-order chi connectivity index (χ0) is 27.2. The number of aliphatic hydroxyl groups excluding tert-OH is 1. The molecule has 0 bridgehead atoms. The molecule has 1 N–H and O–H groups in total. The van der Waals surface area contributed by atoms with E-state index in [4.69, 9.17) is 9.72 Å². The molecule has 4 rings (SSSR count). The third-order valence-electron chi connectivity index (χ3n) is 8.18. The second-order valence-electron chi connectivity index (χ2n) is 11.3. The Morgan fingerprint density at radius 1 is 1.03 bits per heavy atom. The van der Waals surface area contributed by atoms with E-state index in [1.165, 1.54) is 33.4 Å². The van der Waals surface area contributed by atoms with E-state index < -0.39 is 0 Å². The Labute approximate surface area is 230 Å². The molecule has 204 valence electrons. The number of rotatable bonds is 10. The van der Waals surface area contributed by atoms with E-state index in [9.17, 15) is 5.11 Å². The Morgan fingerprint density at radius 3 is 2.42 bits per heavy atom. The molecule has 0 radical (unpaired) electrons. The first-order valence-corrected chi connectivity index (χ1v) is 14.5. The van der Waals surface area contributed by atoms with E-state index in [0.717, 1.165) is 68.0 Å². The fourth-order valence-corrected chi connectivity index (χ4v) is 5.77. The molecule has 1 atom stereocenters. The largest absolute Gasteiger partial charge is 0.489 e. The molecule has 1 saturated heterocycles. The molecule has 0 aliphatic carbocycles. The normalized spacial score (nSPS) is 16.3. The predicted octanol–water partition coefficient (Wildman–Crippen LogP) is 7.40. The molecular weight excluding hydrogens is 468 g/mol. The summed E-state index contributed by atoms with van der Waals surface area (Å²) in [6.45, 7) is 16.8. The second kappa shape index (κ2) is 12.9. The number of aryl methyl sites for hydroxylation is 4. The topological polar surface area (TPSA) is 45.6 Å². The van der Waals surface area contributed by atoms with Crippen LogP contribution in [0.5, 0.6) is 5.75 Å². The molecule has 1 aliphatic rings. The van der Waals surface area contributed by atoms with E-state index in [2.05, 4.69) is 88.9 Å². The van der Waals surface area contributed by atoms with Crippen LogP contribution in [0.25, 0.3) is 11.3 Å². The van der Waals surface area contributed by atoms with Crippen molar-refractivity contribution in [3.05, 3.63) is 81.5 Å². The molecule has 2 aromatic carbocycles. The minimum Gasteiger partial charge on any atom is -0.489 e. The molecule has 0 saturated carbocycles. The van der Waals surface area contributed by atoms with E-state index in [1.807, 2.05) is 0 Å². The van der Waals surface area contributed by atoms with Gasteiger partial charge in [0, 0.05) is 36.5 Å². The van der Waals surface area contributed by atoms with Crippen LogP contribution < -0.4 is 4.74 Å². The Hall–Kier alpha value is -2.69.